The van der Waals surface area contributed by atoms with Crippen molar-refractivity contribution in [2.45, 2.75) is 20.8 Å². The molecule has 29 heavy (non-hydrogen) atoms. The molecule has 1 amide bonds. The Kier molecular flexibility index (Phi) is 6.19. The van der Waals surface area contributed by atoms with Gasteiger partial charge in [0, 0.05) is 31.4 Å². The summed E-state index contributed by atoms with van der Waals surface area (Å²) in [6, 6.07) is 13.1. The molecule has 0 aliphatic heterocycles. The van der Waals surface area contributed by atoms with Crippen molar-refractivity contribution in [2.75, 3.05) is 11.9 Å². The van der Waals surface area contributed by atoms with Gasteiger partial charge in [0.1, 0.15) is 0 Å². The SMILES string of the molecule is CC.CC(=O)N(C)c1cccc(-c2ccnc3c(C(=O)c4cccs4)cnn23)c1. The Morgan fingerprint density at radius 1 is 1.10 bits per heavy atom. The molecule has 6 nitrogen and oxygen atoms in total. The van der Waals surface area contributed by atoms with E-state index < -0.39 is 0 Å². The van der Waals surface area contributed by atoms with Crippen LogP contribution in [0.5, 0.6) is 0 Å². The highest BCUT2D eigenvalue weighted by Gasteiger charge is 2.18. The third-order valence-corrected chi connectivity index (χ3v) is 5.26. The predicted octanol–water partition coefficient (Wildman–Crippen LogP) is 4.70. The number of anilines is 1. The maximum atomic E-state index is 12.7. The van der Waals surface area contributed by atoms with Gasteiger partial charge in [0.15, 0.2) is 5.65 Å². The van der Waals surface area contributed by atoms with E-state index in [4.69, 9.17) is 0 Å². The minimum absolute atomic E-state index is 0.0463. The Hall–Kier alpha value is -3.32. The Morgan fingerprint density at radius 3 is 2.59 bits per heavy atom. The van der Waals surface area contributed by atoms with Gasteiger partial charge in [-0.2, -0.15) is 5.10 Å². The second kappa shape index (κ2) is 8.79. The third-order valence-electron chi connectivity index (χ3n) is 4.39. The lowest BCUT2D eigenvalue weighted by atomic mass is 10.1. The first-order chi connectivity index (χ1) is 14.1. The Labute approximate surface area is 173 Å². The molecule has 4 rings (SSSR count). The van der Waals surface area contributed by atoms with Crippen LogP contribution >= 0.6 is 11.3 Å². The van der Waals surface area contributed by atoms with Gasteiger partial charge in [-0.05, 0) is 29.6 Å². The Balaban J connectivity index is 0.00000117. The van der Waals surface area contributed by atoms with Crippen LogP contribution in [0.3, 0.4) is 0 Å². The number of carbonyl (C=O) groups is 2. The zero-order valence-electron chi connectivity index (χ0n) is 16.8. The van der Waals surface area contributed by atoms with Crippen molar-refractivity contribution in [3.05, 3.63) is 70.7 Å². The van der Waals surface area contributed by atoms with E-state index >= 15 is 0 Å². The van der Waals surface area contributed by atoms with Crippen molar-refractivity contribution in [1.29, 1.82) is 0 Å². The van der Waals surface area contributed by atoms with Crippen LogP contribution in [0, 0.1) is 0 Å². The molecule has 0 spiro atoms. The van der Waals surface area contributed by atoms with Gasteiger partial charge in [0.05, 0.1) is 22.3 Å². The van der Waals surface area contributed by atoms with Crippen molar-refractivity contribution >= 4 is 34.4 Å². The number of fused-ring (bicyclic) bond motifs is 1. The molecule has 4 aromatic rings. The van der Waals surface area contributed by atoms with Crippen LogP contribution in [0.2, 0.25) is 0 Å². The van der Waals surface area contributed by atoms with Gasteiger partial charge in [-0.15, -0.1) is 11.3 Å². The summed E-state index contributed by atoms with van der Waals surface area (Å²) in [5.74, 6) is -0.135. The summed E-state index contributed by atoms with van der Waals surface area (Å²) in [4.78, 5) is 31.0. The number of amides is 1. The number of thiophene rings is 1. The number of hydrogen-bond acceptors (Lipinski definition) is 5. The molecule has 0 fully saturated rings. The Bertz CT molecular complexity index is 1150. The summed E-state index contributed by atoms with van der Waals surface area (Å²) in [5, 5.41) is 6.26. The van der Waals surface area contributed by atoms with Crippen LogP contribution in [0.25, 0.3) is 16.9 Å². The van der Waals surface area contributed by atoms with Crippen LogP contribution < -0.4 is 4.90 Å². The van der Waals surface area contributed by atoms with Crippen molar-refractivity contribution in [1.82, 2.24) is 14.6 Å². The number of nitrogens with zero attached hydrogens (tertiary/aromatic N) is 4. The number of ketones is 1. The number of aromatic nitrogens is 3. The van der Waals surface area contributed by atoms with E-state index in [1.54, 1.807) is 34.9 Å². The number of hydrogen-bond donors (Lipinski definition) is 0. The largest absolute Gasteiger partial charge is 0.316 e. The summed E-state index contributed by atoms with van der Waals surface area (Å²) in [6.45, 7) is 5.52. The van der Waals surface area contributed by atoms with E-state index in [-0.39, 0.29) is 11.7 Å². The van der Waals surface area contributed by atoms with Gasteiger partial charge in [0.25, 0.3) is 0 Å². The summed E-state index contributed by atoms with van der Waals surface area (Å²) >= 11 is 1.39. The van der Waals surface area contributed by atoms with E-state index in [2.05, 4.69) is 10.1 Å². The molecular formula is C22H22N4O2S. The van der Waals surface area contributed by atoms with Crippen molar-refractivity contribution in [3.8, 4) is 11.3 Å². The van der Waals surface area contributed by atoms with Gasteiger partial charge in [-0.1, -0.05) is 32.0 Å². The fraction of sp³-hybridized carbons (Fsp3) is 0.182. The Morgan fingerprint density at radius 2 is 1.90 bits per heavy atom. The first-order valence-corrected chi connectivity index (χ1v) is 10.2. The quantitative estimate of drug-likeness (QED) is 0.461. The molecule has 0 saturated heterocycles. The predicted molar refractivity (Wildman–Crippen MR) is 117 cm³/mol. The molecular weight excluding hydrogens is 384 g/mol. The lowest BCUT2D eigenvalue weighted by molar-refractivity contribution is -0.116. The van der Waals surface area contributed by atoms with Crippen LogP contribution in [-0.4, -0.2) is 33.3 Å². The molecule has 7 heteroatoms. The van der Waals surface area contributed by atoms with E-state index in [0.717, 1.165) is 16.9 Å². The molecule has 0 bridgehead atoms. The second-order valence-electron chi connectivity index (χ2n) is 6.06. The molecule has 0 N–H and O–H groups in total. The van der Waals surface area contributed by atoms with Crippen LogP contribution in [-0.2, 0) is 4.79 Å². The third kappa shape index (κ3) is 3.95. The van der Waals surface area contributed by atoms with Crippen LogP contribution in [0.15, 0.2) is 60.2 Å². The number of carbonyl (C=O) groups excluding carboxylic acids is 2. The van der Waals surface area contributed by atoms with E-state index in [9.17, 15) is 9.59 Å². The molecule has 0 unspecified atom stereocenters. The summed E-state index contributed by atoms with van der Waals surface area (Å²) in [6.07, 6.45) is 3.22. The number of benzene rings is 1. The topological polar surface area (TPSA) is 67.6 Å². The molecule has 0 aliphatic rings. The summed E-state index contributed by atoms with van der Waals surface area (Å²) < 4.78 is 1.66. The van der Waals surface area contributed by atoms with Gasteiger partial charge in [-0.25, -0.2) is 9.50 Å². The fourth-order valence-corrected chi connectivity index (χ4v) is 3.54. The normalized spacial score (nSPS) is 10.3. The highest BCUT2D eigenvalue weighted by molar-refractivity contribution is 7.12. The minimum atomic E-state index is -0.0882. The van der Waals surface area contributed by atoms with Crippen LogP contribution in [0.4, 0.5) is 5.69 Å². The first-order valence-electron chi connectivity index (χ1n) is 9.32. The molecule has 3 heterocycles. The molecule has 0 saturated carbocycles. The van der Waals surface area contributed by atoms with Gasteiger partial charge >= 0.3 is 0 Å². The molecule has 1 aromatic carbocycles. The standard InChI is InChI=1S/C20H16N4O2S.C2H6/c1-13(25)23(2)15-6-3-5-14(11-15)17-8-9-21-20-16(12-22-24(17)20)19(26)18-7-4-10-27-18;1-2/h3-12H,1-2H3;1-2H3. The molecule has 3 aromatic heterocycles. The average molecular weight is 407 g/mol. The average Bonchev–Trinajstić information content (AvgIpc) is 3.44. The smallest absolute Gasteiger partial charge is 0.223 e. The van der Waals surface area contributed by atoms with Crippen molar-refractivity contribution in [2.24, 2.45) is 0 Å². The highest BCUT2D eigenvalue weighted by atomic mass is 32.1. The van der Waals surface area contributed by atoms with Crippen LogP contribution in [0.1, 0.15) is 36.0 Å². The van der Waals surface area contributed by atoms with Crippen molar-refractivity contribution < 1.29 is 9.59 Å². The van der Waals surface area contributed by atoms with E-state index in [1.807, 2.05) is 55.6 Å². The van der Waals surface area contributed by atoms with E-state index in [0.29, 0.717) is 16.1 Å². The minimum Gasteiger partial charge on any atom is -0.316 e. The molecule has 0 atom stereocenters. The lowest BCUT2D eigenvalue weighted by Crippen LogP contribution is -2.22. The second-order valence-corrected chi connectivity index (χ2v) is 7.01. The highest BCUT2D eigenvalue weighted by Crippen LogP contribution is 2.26. The fourth-order valence-electron chi connectivity index (χ4n) is 2.87. The lowest BCUT2D eigenvalue weighted by Gasteiger charge is -2.16. The first kappa shape index (κ1) is 20.4. The summed E-state index contributed by atoms with van der Waals surface area (Å²) in [5.41, 5.74) is 3.44. The van der Waals surface area contributed by atoms with Gasteiger partial charge < -0.3 is 4.90 Å². The zero-order valence-corrected chi connectivity index (χ0v) is 17.6. The maximum Gasteiger partial charge on any atom is 0.223 e. The maximum absolute atomic E-state index is 12.7. The van der Waals surface area contributed by atoms with E-state index in [1.165, 1.54) is 18.3 Å². The molecule has 0 aliphatic carbocycles. The molecule has 0 radical (unpaired) electrons. The number of rotatable bonds is 4. The monoisotopic (exact) mass is 406 g/mol. The van der Waals surface area contributed by atoms with Gasteiger partial charge in [0.2, 0.25) is 11.7 Å². The van der Waals surface area contributed by atoms with Gasteiger partial charge in [-0.3, -0.25) is 9.59 Å². The molecule has 148 valence electrons. The van der Waals surface area contributed by atoms with Crippen molar-refractivity contribution in [3.63, 3.8) is 0 Å². The zero-order chi connectivity index (χ0) is 21.0. The summed E-state index contributed by atoms with van der Waals surface area (Å²) in [7, 11) is 1.73.